The minimum atomic E-state index is -4.64. The monoisotopic (exact) mass is 255 g/mol. The Bertz CT molecular complexity index is 362. The van der Waals surface area contributed by atoms with Crippen LogP contribution in [0.25, 0.3) is 0 Å². The largest absolute Gasteiger partial charge is 0.446 e. The van der Waals surface area contributed by atoms with Gasteiger partial charge in [0.1, 0.15) is 5.54 Å². The number of nitrogens with zero attached hydrogens (tertiary/aromatic N) is 2. The number of carbonyl (C=O) groups is 1. The molecule has 0 saturated carbocycles. The number of aldehydes is 1. The van der Waals surface area contributed by atoms with E-state index in [4.69, 9.17) is 20.1 Å². The Morgan fingerprint density at radius 1 is 1.47 bits per heavy atom. The van der Waals surface area contributed by atoms with E-state index in [1.54, 1.807) is 13.8 Å². The van der Waals surface area contributed by atoms with E-state index in [2.05, 4.69) is 10.2 Å². The fourth-order valence-electron chi connectivity index (χ4n) is 0.595. The van der Waals surface area contributed by atoms with Gasteiger partial charge in [-0.3, -0.25) is 4.79 Å². The first-order chi connectivity index (χ1) is 7.62. The van der Waals surface area contributed by atoms with E-state index in [1.165, 1.54) is 0 Å². The maximum absolute atomic E-state index is 10.4. The third-order valence-corrected chi connectivity index (χ3v) is 1.48. The van der Waals surface area contributed by atoms with Gasteiger partial charge in [0.2, 0.25) is 18.1 Å². The number of aryl methyl sites for hydroxylation is 1. The summed E-state index contributed by atoms with van der Waals surface area (Å²) in [5.41, 5.74) is 4.68. The first-order valence-electron chi connectivity index (χ1n) is 4.36. The lowest BCUT2D eigenvalue weighted by atomic mass is 10.1. The minimum Gasteiger partial charge on any atom is -0.423 e. The summed E-state index contributed by atoms with van der Waals surface area (Å²) in [6, 6.07) is 0. The zero-order chi connectivity index (χ0) is 13.7. The number of rotatable bonds is 2. The Morgan fingerprint density at radius 2 is 1.94 bits per heavy atom. The highest BCUT2D eigenvalue weighted by Gasteiger charge is 2.26. The second-order valence-electron chi connectivity index (χ2n) is 3.36. The Hall–Kier alpha value is -1.48. The molecule has 0 fully saturated rings. The highest BCUT2D eigenvalue weighted by Crippen LogP contribution is 2.14. The zero-order valence-corrected chi connectivity index (χ0v) is 9.15. The van der Waals surface area contributed by atoms with E-state index in [-0.39, 0.29) is 12.5 Å². The van der Waals surface area contributed by atoms with Crippen LogP contribution in [0.4, 0.5) is 13.2 Å². The molecule has 0 saturated heterocycles. The number of alkyl halides is 3. The molecule has 9 heteroatoms. The van der Waals surface area contributed by atoms with Crippen molar-refractivity contribution < 1.29 is 27.5 Å². The molecule has 1 heterocycles. The van der Waals surface area contributed by atoms with Crippen LogP contribution >= 0.6 is 0 Å². The number of carbonyl (C=O) groups excluding carboxylic acids is 1. The van der Waals surface area contributed by atoms with Gasteiger partial charge in [0.25, 0.3) is 0 Å². The van der Waals surface area contributed by atoms with Crippen LogP contribution < -0.4 is 5.73 Å². The van der Waals surface area contributed by atoms with Crippen LogP contribution in [0.15, 0.2) is 4.42 Å². The highest BCUT2D eigenvalue weighted by molar-refractivity contribution is 5.56. The lowest BCUT2D eigenvalue weighted by Gasteiger charge is -2.15. The number of aliphatic hydroxyl groups excluding tert-OH is 1. The van der Waals surface area contributed by atoms with Gasteiger partial charge in [-0.05, 0) is 6.92 Å². The van der Waals surface area contributed by atoms with Gasteiger partial charge in [-0.1, -0.05) is 0 Å². The predicted molar refractivity (Wildman–Crippen MR) is 49.8 cm³/mol. The molecule has 1 atom stereocenters. The van der Waals surface area contributed by atoms with E-state index >= 15 is 0 Å². The van der Waals surface area contributed by atoms with Crippen LogP contribution in [0.3, 0.4) is 0 Å². The first-order valence-corrected chi connectivity index (χ1v) is 4.36. The van der Waals surface area contributed by atoms with Crippen LogP contribution in [0.5, 0.6) is 0 Å². The molecule has 0 aliphatic rings. The van der Waals surface area contributed by atoms with E-state index in [0.29, 0.717) is 5.89 Å². The number of nitrogens with two attached hydrogens (primary N) is 1. The topological polar surface area (TPSA) is 102 Å². The standard InChI is InChI=1S/C6H11N3O2.C2HF3O/c1-4-8-9-5(11-4)6(2,7)3-10;3-2(4,5)1-6/h10H,3,7H2,1-2H3;1H. The van der Waals surface area contributed by atoms with Crippen LogP contribution in [0, 0.1) is 6.92 Å². The number of hydrogen-bond donors (Lipinski definition) is 2. The third-order valence-electron chi connectivity index (χ3n) is 1.48. The first kappa shape index (κ1) is 15.5. The highest BCUT2D eigenvalue weighted by atomic mass is 19.4. The Balaban J connectivity index is 0.000000366. The quantitative estimate of drug-likeness (QED) is 0.736. The maximum atomic E-state index is 10.4. The van der Waals surface area contributed by atoms with Gasteiger partial charge in [0, 0.05) is 6.92 Å². The van der Waals surface area contributed by atoms with Crippen molar-refractivity contribution in [3.05, 3.63) is 11.8 Å². The van der Waals surface area contributed by atoms with Crippen molar-refractivity contribution in [2.45, 2.75) is 25.6 Å². The van der Waals surface area contributed by atoms with Gasteiger partial charge >= 0.3 is 6.18 Å². The van der Waals surface area contributed by atoms with Crippen LogP contribution in [-0.2, 0) is 10.3 Å². The van der Waals surface area contributed by atoms with Gasteiger partial charge in [-0.15, -0.1) is 10.2 Å². The second kappa shape index (κ2) is 5.73. The molecule has 1 rings (SSSR count). The summed E-state index contributed by atoms with van der Waals surface area (Å²) in [6.07, 6.45) is -5.70. The van der Waals surface area contributed by atoms with Crippen molar-refractivity contribution in [1.29, 1.82) is 0 Å². The smallest absolute Gasteiger partial charge is 0.423 e. The summed E-state index contributed by atoms with van der Waals surface area (Å²) in [5, 5.41) is 16.1. The Labute approximate surface area is 94.6 Å². The molecule has 17 heavy (non-hydrogen) atoms. The summed E-state index contributed by atoms with van der Waals surface area (Å²) in [5.74, 6) is 0.711. The van der Waals surface area contributed by atoms with Gasteiger partial charge in [0.15, 0.2) is 0 Å². The van der Waals surface area contributed by atoms with E-state index in [1.807, 2.05) is 0 Å². The van der Waals surface area contributed by atoms with E-state index in [0.717, 1.165) is 0 Å². The lowest BCUT2D eigenvalue weighted by Crippen LogP contribution is -2.37. The van der Waals surface area contributed by atoms with Crippen LogP contribution in [-0.4, -0.2) is 34.4 Å². The summed E-state index contributed by atoms with van der Waals surface area (Å²) in [7, 11) is 0. The predicted octanol–water partition coefficient (Wildman–Crippen LogP) is 0.292. The molecule has 0 radical (unpaired) electrons. The molecule has 0 amide bonds. The molecule has 3 N–H and O–H groups in total. The lowest BCUT2D eigenvalue weighted by molar-refractivity contribution is -0.156. The second-order valence-corrected chi connectivity index (χ2v) is 3.36. The molecule has 0 aliphatic carbocycles. The van der Waals surface area contributed by atoms with Crippen molar-refractivity contribution in [3.63, 3.8) is 0 Å². The zero-order valence-electron chi connectivity index (χ0n) is 9.15. The van der Waals surface area contributed by atoms with Crippen molar-refractivity contribution in [2.24, 2.45) is 5.73 Å². The molecular formula is C8H12F3N3O3. The summed E-state index contributed by atoms with van der Waals surface area (Å²) in [4.78, 5) is 8.70. The summed E-state index contributed by atoms with van der Waals surface area (Å²) in [6.45, 7) is 3.08. The molecule has 1 aromatic rings. The molecule has 0 aromatic carbocycles. The number of aromatic nitrogens is 2. The molecule has 0 bridgehead atoms. The van der Waals surface area contributed by atoms with Crippen LogP contribution in [0.1, 0.15) is 18.7 Å². The average molecular weight is 255 g/mol. The average Bonchev–Trinajstić information content (AvgIpc) is 2.65. The van der Waals surface area contributed by atoms with E-state index < -0.39 is 18.0 Å². The molecular weight excluding hydrogens is 243 g/mol. The van der Waals surface area contributed by atoms with Gasteiger partial charge in [0.05, 0.1) is 6.61 Å². The molecule has 1 unspecified atom stereocenters. The summed E-state index contributed by atoms with van der Waals surface area (Å²) >= 11 is 0. The Kier molecular flexibility index (Phi) is 5.23. The van der Waals surface area contributed by atoms with E-state index in [9.17, 15) is 13.2 Å². The van der Waals surface area contributed by atoms with Crippen molar-refractivity contribution in [1.82, 2.24) is 10.2 Å². The summed E-state index contributed by atoms with van der Waals surface area (Å²) < 4.78 is 36.3. The fraction of sp³-hybridized carbons (Fsp3) is 0.625. The molecule has 1 aromatic heterocycles. The normalized spacial score (nSPS) is 14.5. The number of halogens is 3. The molecule has 98 valence electrons. The van der Waals surface area contributed by atoms with Gasteiger partial charge in [-0.2, -0.15) is 13.2 Å². The van der Waals surface area contributed by atoms with Crippen molar-refractivity contribution in [2.75, 3.05) is 6.61 Å². The third kappa shape index (κ3) is 5.97. The van der Waals surface area contributed by atoms with Gasteiger partial charge in [-0.25, -0.2) is 0 Å². The molecule has 6 nitrogen and oxygen atoms in total. The maximum Gasteiger partial charge on any atom is 0.446 e. The Morgan fingerprint density at radius 3 is 2.18 bits per heavy atom. The van der Waals surface area contributed by atoms with Crippen LogP contribution in [0.2, 0.25) is 0 Å². The SMILES string of the molecule is Cc1nnc(C(C)(N)CO)o1.O=CC(F)(F)F. The van der Waals surface area contributed by atoms with Gasteiger partial charge < -0.3 is 15.3 Å². The van der Waals surface area contributed by atoms with Crippen molar-refractivity contribution in [3.8, 4) is 0 Å². The minimum absolute atomic E-state index is 0.214. The number of hydrogen-bond acceptors (Lipinski definition) is 6. The molecule has 0 aliphatic heterocycles. The molecule has 0 spiro atoms. The fourth-order valence-corrected chi connectivity index (χ4v) is 0.595. The van der Waals surface area contributed by atoms with Crippen molar-refractivity contribution >= 4 is 6.29 Å². The number of aliphatic hydroxyl groups is 1.